The zero-order valence-corrected chi connectivity index (χ0v) is 38.1. The van der Waals surface area contributed by atoms with E-state index in [-0.39, 0.29) is 41.7 Å². The highest BCUT2D eigenvalue weighted by Gasteiger charge is 2.42. The van der Waals surface area contributed by atoms with E-state index >= 15 is 0 Å². The lowest BCUT2D eigenvalue weighted by Crippen LogP contribution is -2.53. The van der Waals surface area contributed by atoms with Crippen LogP contribution in [0.2, 0.25) is 0 Å². The smallest absolute Gasteiger partial charge is 0.407 e. The number of alkyl carbamates (subject to hydrolysis) is 2. The SMILES string of the molecule is COC(=O)N[C@H](C(=O)N1C[C@@H](C)C[C@H]1C1=Nc2ccc(-c3cc4sc(-c5ccc(-c6cnc([C@@H]7C[C@H](C)CN7C(=O)[C@@H](NC(=O)OC)C(C)C)[nH]6)cc5)cc4s3)cc2C1)C(C)C. The van der Waals surface area contributed by atoms with Gasteiger partial charge < -0.3 is 34.9 Å². The third-order valence-electron chi connectivity index (χ3n) is 12.4. The zero-order chi connectivity index (χ0) is 44.0. The van der Waals surface area contributed by atoms with Crippen LogP contribution in [0.3, 0.4) is 0 Å². The molecule has 4 amide bonds. The number of aromatic amines is 1. The summed E-state index contributed by atoms with van der Waals surface area (Å²) in [4.78, 5) is 71.1. The van der Waals surface area contributed by atoms with E-state index in [0.717, 1.165) is 58.0 Å². The van der Waals surface area contributed by atoms with Gasteiger partial charge in [0.25, 0.3) is 0 Å². The maximum atomic E-state index is 13.8. The molecule has 15 heteroatoms. The number of carbonyl (C=O) groups is 4. The molecule has 2 saturated heterocycles. The van der Waals surface area contributed by atoms with Crippen molar-refractivity contribution in [2.45, 2.75) is 85.0 Å². The average molecular weight is 878 g/mol. The van der Waals surface area contributed by atoms with Crippen molar-refractivity contribution in [2.75, 3.05) is 27.3 Å². The molecule has 326 valence electrons. The molecule has 2 fully saturated rings. The fraction of sp³-hybridized carbons (Fsp3) is 0.447. The summed E-state index contributed by atoms with van der Waals surface area (Å²) in [6, 6.07) is 17.8. The van der Waals surface area contributed by atoms with E-state index in [2.05, 4.69) is 84.1 Å². The van der Waals surface area contributed by atoms with Gasteiger partial charge in [-0.3, -0.25) is 14.6 Å². The van der Waals surface area contributed by atoms with Crippen LogP contribution >= 0.6 is 22.7 Å². The summed E-state index contributed by atoms with van der Waals surface area (Å²) in [5.41, 5.74) is 7.30. The van der Waals surface area contributed by atoms with E-state index in [1.165, 1.54) is 33.4 Å². The van der Waals surface area contributed by atoms with Crippen molar-refractivity contribution in [1.29, 1.82) is 0 Å². The average Bonchev–Trinajstić information content (AvgIpc) is 4.11. The molecule has 8 rings (SSSR count). The first-order valence-corrected chi connectivity index (χ1v) is 23.0. The van der Waals surface area contributed by atoms with Gasteiger partial charge in [0.2, 0.25) is 11.8 Å². The van der Waals surface area contributed by atoms with Crippen LogP contribution in [0.25, 0.3) is 41.5 Å². The summed E-state index contributed by atoms with van der Waals surface area (Å²) in [6.07, 6.45) is 2.91. The van der Waals surface area contributed by atoms with Crippen molar-refractivity contribution in [3.63, 3.8) is 0 Å². The van der Waals surface area contributed by atoms with Crippen LogP contribution in [0.1, 0.15) is 71.8 Å². The molecule has 0 unspecified atom stereocenters. The molecular weight excluding hydrogens is 823 g/mol. The monoisotopic (exact) mass is 877 g/mol. The number of fused-ring (bicyclic) bond motifs is 2. The number of imidazole rings is 1. The second kappa shape index (κ2) is 17.7. The number of rotatable bonds is 11. The van der Waals surface area contributed by atoms with Gasteiger partial charge in [0.15, 0.2) is 0 Å². The quantitative estimate of drug-likeness (QED) is 0.119. The standard InChI is InChI=1S/C47H55N7O6S2/c1-24(2)41(51-46(57)59-7)44(55)53-22-26(5)15-35(53)33-18-31-17-30(13-14-32(31)49-33)38-20-40-39(62-38)19-37(61-40)29-11-9-28(10-12-29)34-21-48-43(50-34)36-16-27(6)23-54(36)45(56)42(25(3)4)52-47(58)60-8/h9-14,17,19-21,24-27,35-36,41-42H,15-16,18,22-23H2,1-8H3,(H,48,50)(H,51,57)(H,52,58)/t26-,27-,35-,36-,41-,42-/m0/s1. The van der Waals surface area contributed by atoms with Crippen LogP contribution < -0.4 is 10.6 Å². The number of thiophene rings is 2. The molecule has 6 atom stereocenters. The number of carbonyl (C=O) groups excluding carboxylic acids is 4. The molecule has 13 nitrogen and oxygen atoms in total. The van der Waals surface area contributed by atoms with Crippen molar-refractivity contribution in [1.82, 2.24) is 30.4 Å². The number of H-pyrrole nitrogens is 1. The van der Waals surface area contributed by atoms with E-state index in [9.17, 15) is 19.2 Å². The fourth-order valence-electron chi connectivity index (χ4n) is 9.07. The summed E-state index contributed by atoms with van der Waals surface area (Å²) in [6.45, 7) is 13.2. The molecule has 3 aliphatic rings. The maximum Gasteiger partial charge on any atom is 0.407 e. The van der Waals surface area contributed by atoms with Gasteiger partial charge in [-0.2, -0.15) is 0 Å². The summed E-state index contributed by atoms with van der Waals surface area (Å²) in [5.74, 6) is 0.924. The lowest BCUT2D eigenvalue weighted by molar-refractivity contribution is -0.136. The van der Waals surface area contributed by atoms with Crippen molar-refractivity contribution in [3.8, 4) is 32.1 Å². The normalized spacial score (nSPS) is 20.7. The van der Waals surface area contributed by atoms with Crippen LogP contribution in [0, 0.1) is 23.7 Å². The highest BCUT2D eigenvalue weighted by Crippen LogP contribution is 2.44. The number of ether oxygens (including phenoxy) is 2. The first-order chi connectivity index (χ1) is 29.7. The molecule has 6 heterocycles. The van der Waals surface area contributed by atoms with Crippen LogP contribution in [0.4, 0.5) is 15.3 Å². The Morgan fingerprint density at radius 2 is 1.24 bits per heavy atom. The predicted molar refractivity (Wildman–Crippen MR) is 245 cm³/mol. The lowest BCUT2D eigenvalue weighted by Gasteiger charge is -2.31. The number of aliphatic imine (C=N–C) groups is 1. The molecule has 0 radical (unpaired) electrons. The highest BCUT2D eigenvalue weighted by atomic mass is 32.1. The molecule has 0 bridgehead atoms. The predicted octanol–water partition coefficient (Wildman–Crippen LogP) is 9.22. The third-order valence-corrected chi connectivity index (χ3v) is 14.7. The van der Waals surface area contributed by atoms with Crippen LogP contribution in [-0.2, 0) is 25.5 Å². The summed E-state index contributed by atoms with van der Waals surface area (Å²) in [7, 11) is 2.61. The number of hydrogen-bond donors (Lipinski definition) is 3. The van der Waals surface area contributed by atoms with Crippen LogP contribution in [-0.4, -0.2) is 94.9 Å². The van der Waals surface area contributed by atoms with Gasteiger partial charge in [-0.25, -0.2) is 14.6 Å². The largest absolute Gasteiger partial charge is 0.453 e. The Bertz CT molecular complexity index is 2490. The number of benzene rings is 2. The van der Waals surface area contributed by atoms with Crippen molar-refractivity contribution >= 4 is 67.5 Å². The van der Waals surface area contributed by atoms with Gasteiger partial charge in [0, 0.05) is 44.4 Å². The molecule has 3 aliphatic heterocycles. The molecule has 0 aliphatic carbocycles. The van der Waals surface area contributed by atoms with Gasteiger partial charge in [-0.15, -0.1) is 22.7 Å². The van der Waals surface area contributed by atoms with Crippen LogP contribution in [0.15, 0.2) is 65.8 Å². The Kier molecular flexibility index (Phi) is 12.3. The number of methoxy groups -OCH3 is 2. The molecular formula is C47H55N7O6S2. The van der Waals surface area contributed by atoms with Gasteiger partial charge in [0.05, 0.1) is 43.9 Å². The van der Waals surface area contributed by atoms with Crippen LogP contribution in [0.5, 0.6) is 0 Å². The van der Waals surface area contributed by atoms with Gasteiger partial charge in [-0.05, 0) is 83.0 Å². The molecule has 2 aromatic carbocycles. The summed E-state index contributed by atoms with van der Waals surface area (Å²) in [5, 5.41) is 5.47. The number of nitrogens with one attached hydrogen (secondary N) is 3. The van der Waals surface area contributed by atoms with Gasteiger partial charge >= 0.3 is 12.2 Å². The minimum absolute atomic E-state index is 0.0913. The Hall–Kier alpha value is -5.54. The second-order valence-electron chi connectivity index (χ2n) is 17.7. The molecule has 0 spiro atoms. The number of amides is 4. The first-order valence-electron chi connectivity index (χ1n) is 21.4. The molecule has 0 saturated carbocycles. The first kappa shape index (κ1) is 43.1. The van der Waals surface area contributed by atoms with Gasteiger partial charge in [-0.1, -0.05) is 71.9 Å². The zero-order valence-electron chi connectivity index (χ0n) is 36.5. The molecule has 5 aromatic rings. The van der Waals surface area contributed by atoms with E-state index in [1.807, 2.05) is 43.7 Å². The Labute approximate surface area is 370 Å². The molecule has 3 N–H and O–H groups in total. The minimum Gasteiger partial charge on any atom is -0.453 e. The molecule has 62 heavy (non-hydrogen) atoms. The summed E-state index contributed by atoms with van der Waals surface area (Å²) < 4.78 is 12.1. The summed E-state index contributed by atoms with van der Waals surface area (Å²) >= 11 is 3.57. The number of likely N-dealkylation sites (tertiary alicyclic amines) is 2. The van der Waals surface area contributed by atoms with E-state index < -0.39 is 24.3 Å². The Morgan fingerprint density at radius 1 is 0.726 bits per heavy atom. The second-order valence-corrected chi connectivity index (χ2v) is 19.9. The van der Waals surface area contributed by atoms with Gasteiger partial charge in [0.1, 0.15) is 17.9 Å². The fourth-order valence-corrected chi connectivity index (χ4v) is 11.5. The van der Waals surface area contributed by atoms with E-state index in [1.54, 1.807) is 22.7 Å². The topological polar surface area (TPSA) is 158 Å². The maximum absolute atomic E-state index is 13.8. The highest BCUT2D eigenvalue weighted by molar-refractivity contribution is 7.31. The van der Waals surface area contributed by atoms with E-state index in [4.69, 9.17) is 19.5 Å². The Balaban J connectivity index is 0.931. The number of hydrogen-bond acceptors (Lipinski definition) is 10. The van der Waals surface area contributed by atoms with Crippen molar-refractivity contribution in [2.24, 2.45) is 28.7 Å². The lowest BCUT2D eigenvalue weighted by atomic mass is 9.98. The Morgan fingerprint density at radius 3 is 1.81 bits per heavy atom. The van der Waals surface area contributed by atoms with E-state index in [0.29, 0.717) is 25.4 Å². The number of aromatic nitrogens is 2. The minimum atomic E-state index is -0.693. The third kappa shape index (κ3) is 8.61. The van der Waals surface area contributed by atoms with Crippen molar-refractivity contribution in [3.05, 3.63) is 72.2 Å². The molecule has 3 aromatic heterocycles. The van der Waals surface area contributed by atoms with Crippen molar-refractivity contribution < 1.29 is 28.7 Å². The number of nitrogens with zero attached hydrogens (tertiary/aromatic N) is 4.